The molecule has 0 atom stereocenters. The Bertz CT molecular complexity index is 277. The van der Waals surface area contributed by atoms with Crippen molar-refractivity contribution in [2.24, 2.45) is 0 Å². The zero-order valence-corrected chi connectivity index (χ0v) is 14.9. The lowest BCUT2D eigenvalue weighted by molar-refractivity contribution is -0.138. The smallest absolute Gasteiger partial charge is 0.305 e. The monoisotopic (exact) mass is 351 g/mol. The third-order valence-electron chi connectivity index (χ3n) is 2.97. The number of carboxylic acids is 1. The normalized spacial score (nSPS) is 10.3. The molecule has 8 nitrogen and oxygen atoms in total. The summed E-state index contributed by atoms with van der Waals surface area (Å²) in [6, 6.07) is 0. The molecular formula is C16H33NO7. The molecule has 0 saturated carbocycles. The lowest BCUT2D eigenvalue weighted by atomic mass is 10.2. The Morgan fingerprint density at radius 2 is 1.46 bits per heavy atom. The van der Waals surface area contributed by atoms with E-state index in [9.17, 15) is 4.79 Å². The van der Waals surface area contributed by atoms with Crippen LogP contribution in [0.2, 0.25) is 0 Å². The van der Waals surface area contributed by atoms with Gasteiger partial charge in [0.2, 0.25) is 0 Å². The highest BCUT2D eigenvalue weighted by molar-refractivity contribution is 5.66. The predicted molar refractivity (Wildman–Crippen MR) is 90.4 cm³/mol. The van der Waals surface area contributed by atoms with Crippen molar-refractivity contribution >= 4 is 12.4 Å². The maximum atomic E-state index is 10.2. The number of rotatable bonds is 16. The van der Waals surface area contributed by atoms with Crippen molar-refractivity contribution in [1.82, 2.24) is 4.90 Å². The van der Waals surface area contributed by atoms with Gasteiger partial charge in [-0.15, -0.1) is 0 Å². The molecule has 144 valence electrons. The van der Waals surface area contributed by atoms with Gasteiger partial charge in [-0.05, 0) is 20.0 Å². The van der Waals surface area contributed by atoms with E-state index >= 15 is 0 Å². The highest BCUT2D eigenvalue weighted by atomic mass is 16.5. The molecule has 0 aromatic carbocycles. The summed E-state index contributed by atoms with van der Waals surface area (Å²) in [6.45, 7) is 7.01. The maximum absolute atomic E-state index is 10.2. The number of likely N-dealkylation sites (N-methyl/N-ethyl adjacent to an activating group) is 1. The molecule has 0 spiro atoms. The largest absolute Gasteiger partial charge is 0.483 e. The molecule has 0 aliphatic carbocycles. The number of unbranched alkanes of at least 4 members (excludes halogenated alkanes) is 2. The van der Waals surface area contributed by atoms with Gasteiger partial charge in [-0.1, -0.05) is 19.8 Å². The number of hydrogen-bond acceptors (Lipinski definition) is 6. The number of aliphatic carboxylic acids is 1. The number of carbonyl (C=O) groups is 2. The van der Waals surface area contributed by atoms with E-state index in [2.05, 4.69) is 18.9 Å². The second kappa shape index (κ2) is 21.8. The van der Waals surface area contributed by atoms with Gasteiger partial charge in [0.1, 0.15) is 0 Å². The third kappa shape index (κ3) is 25.7. The minimum absolute atomic E-state index is 0.0366. The number of carboxylic acid groups (broad SMARTS) is 2. The minimum Gasteiger partial charge on any atom is -0.483 e. The molecule has 0 unspecified atom stereocenters. The average molecular weight is 351 g/mol. The fraction of sp³-hybridized carbons (Fsp3) is 0.875. The van der Waals surface area contributed by atoms with Gasteiger partial charge in [-0.3, -0.25) is 9.59 Å². The van der Waals surface area contributed by atoms with Crippen LogP contribution in [0.25, 0.3) is 0 Å². The van der Waals surface area contributed by atoms with Crippen LogP contribution in [-0.2, 0) is 23.8 Å². The van der Waals surface area contributed by atoms with Gasteiger partial charge in [0.05, 0.1) is 46.1 Å². The topological polar surface area (TPSA) is 106 Å². The summed E-state index contributed by atoms with van der Waals surface area (Å²) >= 11 is 0. The van der Waals surface area contributed by atoms with Crippen molar-refractivity contribution < 1.29 is 34.0 Å². The Hall–Kier alpha value is -1.22. The van der Waals surface area contributed by atoms with E-state index < -0.39 is 5.97 Å². The van der Waals surface area contributed by atoms with Gasteiger partial charge in [0, 0.05) is 6.54 Å². The van der Waals surface area contributed by atoms with E-state index in [1.54, 1.807) is 0 Å². The first-order valence-electron chi connectivity index (χ1n) is 8.29. The summed E-state index contributed by atoms with van der Waals surface area (Å²) in [5.41, 5.74) is 0. The van der Waals surface area contributed by atoms with E-state index in [0.717, 1.165) is 19.7 Å². The molecule has 0 heterocycles. The van der Waals surface area contributed by atoms with Crippen molar-refractivity contribution in [3.63, 3.8) is 0 Å². The molecule has 0 amide bonds. The van der Waals surface area contributed by atoms with E-state index in [-0.39, 0.29) is 19.5 Å². The zero-order chi connectivity index (χ0) is 18.5. The molecule has 0 bridgehead atoms. The highest BCUT2D eigenvalue weighted by Gasteiger charge is 1.98. The lowest BCUT2D eigenvalue weighted by Crippen LogP contribution is -2.25. The standard InChI is InChI=1S/C15H31NO5.CH2O2/c1-3-4-5-7-16(2)8-10-20-12-14-21-13-11-19-9-6-15(17)18;2-1-3/h3-14H2,1-2H3,(H,17,18);1H,(H,2,3). The van der Waals surface area contributed by atoms with Gasteiger partial charge in [-0.25, -0.2) is 0 Å². The molecule has 0 aliphatic rings. The molecule has 0 aromatic rings. The summed E-state index contributed by atoms with van der Waals surface area (Å²) in [5, 5.41) is 15.3. The van der Waals surface area contributed by atoms with Crippen LogP contribution < -0.4 is 0 Å². The molecule has 0 radical (unpaired) electrons. The molecule has 8 heteroatoms. The first-order chi connectivity index (χ1) is 11.6. The molecule has 0 saturated heterocycles. The van der Waals surface area contributed by atoms with Gasteiger partial charge >= 0.3 is 5.97 Å². The predicted octanol–water partition coefficient (Wildman–Crippen LogP) is 1.33. The Kier molecular flexibility index (Phi) is 22.7. The van der Waals surface area contributed by atoms with E-state index in [0.29, 0.717) is 26.4 Å². The van der Waals surface area contributed by atoms with Gasteiger partial charge in [0.25, 0.3) is 6.47 Å². The molecule has 0 aromatic heterocycles. The summed E-state index contributed by atoms with van der Waals surface area (Å²) < 4.78 is 15.9. The van der Waals surface area contributed by atoms with Crippen LogP contribution in [0.5, 0.6) is 0 Å². The second-order valence-corrected chi connectivity index (χ2v) is 5.10. The SMILES string of the molecule is CCCCCN(C)CCOCCOCCOCCC(=O)O.O=CO. The Morgan fingerprint density at radius 1 is 0.958 bits per heavy atom. The van der Waals surface area contributed by atoms with E-state index in [4.69, 9.17) is 29.2 Å². The van der Waals surface area contributed by atoms with Crippen molar-refractivity contribution in [3.05, 3.63) is 0 Å². The zero-order valence-electron chi connectivity index (χ0n) is 14.9. The number of nitrogens with zero attached hydrogens (tertiary/aromatic N) is 1. The first kappa shape index (κ1) is 25.0. The van der Waals surface area contributed by atoms with Crippen LogP contribution in [0.4, 0.5) is 0 Å². The Labute approximate surface area is 144 Å². The summed E-state index contributed by atoms with van der Waals surface area (Å²) in [7, 11) is 2.12. The summed E-state index contributed by atoms with van der Waals surface area (Å²) in [6.07, 6.45) is 3.82. The van der Waals surface area contributed by atoms with Crippen LogP contribution in [0.1, 0.15) is 32.6 Å². The van der Waals surface area contributed by atoms with Crippen LogP contribution >= 0.6 is 0 Å². The van der Waals surface area contributed by atoms with Crippen LogP contribution in [0.15, 0.2) is 0 Å². The quantitative estimate of drug-likeness (QED) is 0.317. The maximum Gasteiger partial charge on any atom is 0.305 e. The summed E-state index contributed by atoms with van der Waals surface area (Å²) in [5.74, 6) is -0.844. The molecular weight excluding hydrogens is 318 g/mol. The third-order valence-corrected chi connectivity index (χ3v) is 2.97. The molecule has 2 N–H and O–H groups in total. The van der Waals surface area contributed by atoms with E-state index in [1.807, 2.05) is 0 Å². The van der Waals surface area contributed by atoms with Gasteiger partial charge in [0.15, 0.2) is 0 Å². The van der Waals surface area contributed by atoms with Gasteiger partial charge < -0.3 is 29.3 Å². The van der Waals surface area contributed by atoms with Gasteiger partial charge in [-0.2, -0.15) is 0 Å². The molecule has 0 aliphatic heterocycles. The fourth-order valence-electron chi connectivity index (χ4n) is 1.67. The fourth-order valence-corrected chi connectivity index (χ4v) is 1.67. The van der Waals surface area contributed by atoms with Crippen LogP contribution in [-0.4, -0.2) is 87.3 Å². The molecule has 24 heavy (non-hydrogen) atoms. The number of ether oxygens (including phenoxy) is 3. The van der Waals surface area contributed by atoms with Crippen molar-refractivity contribution in [2.75, 3.05) is 59.8 Å². The van der Waals surface area contributed by atoms with Crippen LogP contribution in [0, 0.1) is 0 Å². The minimum atomic E-state index is -0.844. The second-order valence-electron chi connectivity index (χ2n) is 5.10. The molecule has 0 rings (SSSR count). The Morgan fingerprint density at radius 3 is 1.96 bits per heavy atom. The molecule has 0 fully saturated rings. The number of hydrogen-bond donors (Lipinski definition) is 2. The Balaban J connectivity index is 0. The highest BCUT2D eigenvalue weighted by Crippen LogP contribution is 1.96. The first-order valence-corrected chi connectivity index (χ1v) is 8.29. The average Bonchev–Trinajstić information content (AvgIpc) is 2.53. The van der Waals surface area contributed by atoms with Crippen molar-refractivity contribution in [2.45, 2.75) is 32.6 Å². The lowest BCUT2D eigenvalue weighted by Gasteiger charge is -2.16. The van der Waals surface area contributed by atoms with Crippen molar-refractivity contribution in [1.29, 1.82) is 0 Å². The summed E-state index contributed by atoms with van der Waals surface area (Å²) in [4.78, 5) is 20.9. The van der Waals surface area contributed by atoms with Crippen molar-refractivity contribution in [3.8, 4) is 0 Å². The van der Waals surface area contributed by atoms with Crippen LogP contribution in [0.3, 0.4) is 0 Å². The van der Waals surface area contributed by atoms with E-state index in [1.165, 1.54) is 19.3 Å².